The normalized spacial score (nSPS) is 20.2. The summed E-state index contributed by atoms with van der Waals surface area (Å²) in [6, 6.07) is 47.2. The van der Waals surface area contributed by atoms with E-state index in [0.717, 1.165) is 148 Å². The fourth-order valence-electron chi connectivity index (χ4n) is 21.3. The Morgan fingerprint density at radius 2 is 0.843 bits per heavy atom. The number of nitrogens with one attached hydrogen (secondary N) is 1. The van der Waals surface area contributed by atoms with Gasteiger partial charge in [0.15, 0.2) is 0 Å². The maximum absolute atomic E-state index is 12.8. The van der Waals surface area contributed by atoms with Crippen molar-refractivity contribution in [3.05, 3.63) is 214 Å². The molecule has 3 atom stereocenters. The maximum atomic E-state index is 12.8. The summed E-state index contributed by atoms with van der Waals surface area (Å²) in [5.74, 6) is 1.04. The van der Waals surface area contributed by atoms with Gasteiger partial charge in [-0.15, -0.1) is 0 Å². The van der Waals surface area contributed by atoms with E-state index >= 15 is 0 Å². The predicted molar refractivity (Wildman–Crippen MR) is 501 cm³/mol. The first-order valence-electron chi connectivity index (χ1n) is 45.3. The van der Waals surface area contributed by atoms with Gasteiger partial charge in [-0.1, -0.05) is 111 Å². The topological polar surface area (TPSA) is 246 Å². The second kappa shape index (κ2) is 36.9. The molecule has 1 spiro atoms. The minimum atomic E-state index is -0.429. The summed E-state index contributed by atoms with van der Waals surface area (Å²) in [7, 11) is 6.39. The molecule has 9 aromatic rings. The molecule has 7 saturated heterocycles. The Hall–Kier alpha value is -12.3. The zero-order valence-electron chi connectivity index (χ0n) is 74.9. The molecular formula is C102H118N18O7. The van der Waals surface area contributed by atoms with Gasteiger partial charge in [-0.2, -0.15) is 15.8 Å². The maximum Gasteiger partial charge on any atom is 0.246 e. The number of nitrogens with zero attached hydrogens (tertiary/aromatic N) is 17. The second-order valence-corrected chi connectivity index (χ2v) is 36.7. The summed E-state index contributed by atoms with van der Waals surface area (Å²) in [4.78, 5) is 77.0. The van der Waals surface area contributed by atoms with E-state index in [1.165, 1.54) is 84.3 Å². The fraction of sp³-hybridized carbons (Fsp3) is 0.441. The van der Waals surface area contributed by atoms with Gasteiger partial charge in [-0.05, 0) is 202 Å². The molecule has 0 saturated carbocycles. The summed E-state index contributed by atoms with van der Waals surface area (Å²) < 4.78 is 24.9. The van der Waals surface area contributed by atoms with Gasteiger partial charge in [0, 0.05) is 140 Å². The molecule has 25 heteroatoms. The lowest BCUT2D eigenvalue weighted by Gasteiger charge is -2.55. The number of hydrogen-bond donors (Lipinski definition) is 1. The number of amides is 3. The molecule has 3 aromatic heterocycles. The van der Waals surface area contributed by atoms with E-state index in [9.17, 15) is 30.2 Å². The van der Waals surface area contributed by atoms with Crippen LogP contribution in [-0.2, 0) is 58.0 Å². The minimum absolute atomic E-state index is 0.0624. The summed E-state index contributed by atoms with van der Waals surface area (Å²) in [5.41, 5.74) is 16.8. The third-order valence-corrected chi connectivity index (χ3v) is 28.3. The number of rotatable bonds is 19. The first kappa shape index (κ1) is 86.8. The Morgan fingerprint density at radius 1 is 0.472 bits per heavy atom. The van der Waals surface area contributed by atoms with E-state index in [2.05, 4.69) is 247 Å². The number of aromatic nitrogens is 3. The van der Waals surface area contributed by atoms with Crippen LogP contribution in [0.15, 0.2) is 147 Å². The van der Waals surface area contributed by atoms with Gasteiger partial charge >= 0.3 is 0 Å². The third kappa shape index (κ3) is 17.1. The van der Waals surface area contributed by atoms with Crippen molar-refractivity contribution in [2.45, 2.75) is 147 Å². The third-order valence-electron chi connectivity index (χ3n) is 28.3. The summed E-state index contributed by atoms with van der Waals surface area (Å²) in [6.07, 6.45) is 13.1. The van der Waals surface area contributed by atoms with E-state index < -0.39 is 11.1 Å². The van der Waals surface area contributed by atoms with Crippen molar-refractivity contribution in [2.24, 2.45) is 0 Å². The van der Waals surface area contributed by atoms with Crippen molar-refractivity contribution in [1.29, 1.82) is 15.8 Å². The van der Waals surface area contributed by atoms with Crippen LogP contribution in [0.3, 0.4) is 0 Å². The van der Waals surface area contributed by atoms with Crippen LogP contribution in [-0.4, -0.2) is 243 Å². The van der Waals surface area contributed by atoms with Crippen molar-refractivity contribution in [3.63, 3.8) is 0 Å². The molecule has 19 rings (SSSR count). The summed E-state index contributed by atoms with van der Waals surface area (Å²) in [5, 5.41) is 42.6. The first-order chi connectivity index (χ1) is 61.6. The predicted octanol–water partition coefficient (Wildman–Crippen LogP) is 13.4. The zero-order chi connectivity index (χ0) is 88.5. The van der Waals surface area contributed by atoms with Crippen LogP contribution in [0, 0.1) is 54.8 Å². The van der Waals surface area contributed by atoms with Crippen LogP contribution in [0.1, 0.15) is 120 Å². The van der Waals surface area contributed by atoms with Gasteiger partial charge < -0.3 is 78.2 Å². The molecule has 0 aliphatic carbocycles. The summed E-state index contributed by atoms with van der Waals surface area (Å²) in [6.45, 7) is 36.4. The van der Waals surface area contributed by atoms with Crippen molar-refractivity contribution in [1.82, 2.24) is 44.4 Å². The lowest BCUT2D eigenvalue weighted by atomic mass is 9.89. The molecule has 0 bridgehead atoms. The molecule has 25 nitrogen and oxygen atoms in total. The molecule has 7 fully saturated rings. The highest BCUT2D eigenvalue weighted by atomic mass is 16.5. The standard InChI is InChI=1S/C35H40N6O3.C35H42N6O2.C32H36N6O2/c1-4-31(42)41-17-16-40(21-35(41)22-43-23-35)33-27-13-15-39(30-12-6-10-25-9-5-8-24(2)32(25)30)19-29(27)37-34(28(33)18-36)44-20-26-11-7-14-38(26)3;1-6-31(42)41-19-18-40(23-35(41,3)4)33-27-15-17-39(30-14-8-12-25-11-7-10-24(2)32(25)30)21-29(27)37-34(28(33)20-36)43-22-26-13-9-16-38(26)5;1-4-29(39)38-17-23(18-38)34-31-25-13-15-37(28-12-6-10-22-9-5-8-21(2)30(22)28)19-27(25)35-32(26(31)16-33)40-20-24-11-7-14-36(24)3/h4-6,8-10,12,26H,1,7,11,13-17,19-23H2,2-3H3;6-8,10-12,14,26H,1,9,13,15-19,21-23H2,2-5H3;4-6,8-10,12,23-24H,1,7,11,13-15,17-20H2,2-3H3,(H,34,35)/t2*26-;24-/m001/s1. The van der Waals surface area contributed by atoms with Crippen LogP contribution in [0.25, 0.3) is 32.3 Å². The Morgan fingerprint density at radius 3 is 1.21 bits per heavy atom. The fourth-order valence-corrected chi connectivity index (χ4v) is 21.3. The molecule has 127 heavy (non-hydrogen) atoms. The number of aryl methyl sites for hydroxylation is 3. The van der Waals surface area contributed by atoms with Crippen LogP contribution >= 0.6 is 0 Å². The van der Waals surface area contributed by atoms with E-state index in [0.29, 0.717) is 157 Å². The first-order valence-corrected chi connectivity index (χ1v) is 45.3. The molecule has 1 N–H and O–H groups in total. The highest BCUT2D eigenvalue weighted by Crippen LogP contribution is 2.46. The number of pyridine rings is 3. The Bertz CT molecular complexity index is 5880. The van der Waals surface area contributed by atoms with E-state index in [1.807, 2.05) is 9.80 Å². The van der Waals surface area contributed by atoms with Crippen molar-refractivity contribution >= 4 is 84.2 Å². The van der Waals surface area contributed by atoms with Crippen LogP contribution in [0.5, 0.6) is 17.6 Å². The Kier molecular flexibility index (Phi) is 25.2. The average Bonchev–Trinajstić information content (AvgIpc) is 0.969. The number of fused-ring (bicyclic) bond motifs is 6. The molecular weight excluding hydrogens is 1590 g/mol. The second-order valence-electron chi connectivity index (χ2n) is 36.7. The Labute approximate surface area is 746 Å². The van der Waals surface area contributed by atoms with Crippen molar-refractivity contribution in [2.75, 3.05) is 176 Å². The summed E-state index contributed by atoms with van der Waals surface area (Å²) >= 11 is 0. The van der Waals surface area contributed by atoms with E-state index in [4.69, 9.17) is 33.9 Å². The van der Waals surface area contributed by atoms with Gasteiger partial charge in [0.05, 0.1) is 78.6 Å². The van der Waals surface area contributed by atoms with Gasteiger partial charge in [0.1, 0.15) is 60.3 Å². The molecule has 0 unspecified atom stereocenters. The molecule has 0 radical (unpaired) electrons. The average molecular weight is 1710 g/mol. The number of benzene rings is 6. The number of likely N-dealkylation sites (N-methyl/N-ethyl adjacent to an activating group) is 3. The van der Waals surface area contributed by atoms with Gasteiger partial charge in [0.2, 0.25) is 35.4 Å². The molecule has 658 valence electrons. The Balaban J connectivity index is 0.000000134. The number of carbonyl (C=O) groups excluding carboxylic acids is 3. The van der Waals surface area contributed by atoms with Crippen LogP contribution in [0.4, 0.5) is 34.1 Å². The number of anilines is 6. The molecule has 10 aliphatic heterocycles. The smallest absolute Gasteiger partial charge is 0.246 e. The number of piperazine rings is 2. The number of carbonyl (C=O) groups is 3. The van der Waals surface area contributed by atoms with Crippen LogP contribution < -0.4 is 44.0 Å². The largest absolute Gasteiger partial charge is 0.475 e. The van der Waals surface area contributed by atoms with E-state index in [1.54, 1.807) is 4.90 Å². The molecule has 3 amide bonds. The lowest BCUT2D eigenvalue weighted by molar-refractivity contribution is -0.164. The molecule has 13 heterocycles. The highest BCUT2D eigenvalue weighted by molar-refractivity contribution is 6.00. The van der Waals surface area contributed by atoms with Gasteiger partial charge in [-0.25, -0.2) is 15.0 Å². The lowest BCUT2D eigenvalue weighted by Crippen LogP contribution is -2.72. The quantitative estimate of drug-likeness (QED) is 0.0739. The van der Waals surface area contributed by atoms with Gasteiger partial charge in [0.25, 0.3) is 0 Å². The number of ether oxygens (including phenoxy) is 4. The minimum Gasteiger partial charge on any atom is -0.475 e. The van der Waals surface area contributed by atoms with Crippen molar-refractivity contribution in [3.8, 4) is 35.8 Å². The molecule has 6 aromatic carbocycles. The number of nitriles is 3. The van der Waals surface area contributed by atoms with E-state index in [-0.39, 0.29) is 23.8 Å². The molecule has 10 aliphatic rings. The van der Waals surface area contributed by atoms with Crippen LogP contribution in [0.2, 0.25) is 0 Å². The van der Waals surface area contributed by atoms with Gasteiger partial charge in [-0.3, -0.25) is 14.4 Å². The zero-order valence-corrected chi connectivity index (χ0v) is 74.9. The van der Waals surface area contributed by atoms with Crippen molar-refractivity contribution < 1.29 is 33.3 Å². The highest BCUT2D eigenvalue weighted by Gasteiger charge is 2.51. The number of hydrogen-bond acceptors (Lipinski definition) is 22. The number of likely N-dealkylation sites (tertiary alicyclic amines) is 4. The SMILES string of the molecule is C=CC(=O)N1CC(Nc2c(C#N)c(OC[C@H]3CCCN3C)nc3c2CCN(c2cccc4cccc(C)c24)C3)C1.C=CC(=O)N1CCN(c2c(C#N)c(OC[C@@H]3CCCN3C)nc3c2CCN(c2cccc4cccc(C)c24)C3)CC1(C)C.C=CC(=O)N1CCN(c2c(C#N)c(OC[C@@H]3CCCN3C)nc3c2CCN(c2cccc4cccc(C)c24)C3)CC12COC2. The monoisotopic (exact) mass is 1710 g/mol.